The SMILES string of the molecule is Br.CCC(C(=O)OC)[C@H](N)C(=O)OC. The van der Waals surface area contributed by atoms with Gasteiger partial charge in [-0.15, -0.1) is 17.0 Å². The third kappa shape index (κ3) is 4.06. The average molecular weight is 270 g/mol. The molecule has 5 nitrogen and oxygen atoms in total. The monoisotopic (exact) mass is 269 g/mol. The van der Waals surface area contributed by atoms with E-state index in [1.807, 2.05) is 0 Å². The number of hydrogen-bond donors (Lipinski definition) is 1. The number of halogens is 1. The number of carbonyl (C=O) groups is 2. The summed E-state index contributed by atoms with van der Waals surface area (Å²) in [6.45, 7) is 1.75. The zero-order chi connectivity index (χ0) is 10.4. The largest absolute Gasteiger partial charge is 0.469 e. The molecule has 2 atom stereocenters. The Morgan fingerprint density at radius 2 is 1.64 bits per heavy atom. The summed E-state index contributed by atoms with van der Waals surface area (Å²) in [4.78, 5) is 22.1. The zero-order valence-electron chi connectivity index (χ0n) is 8.48. The van der Waals surface area contributed by atoms with E-state index >= 15 is 0 Å². The third-order valence-corrected chi connectivity index (χ3v) is 1.85. The highest BCUT2D eigenvalue weighted by Gasteiger charge is 2.30. The standard InChI is InChI=1S/C8H15NO4.BrH/c1-4-5(7(10)12-2)6(9)8(11)13-3;/h5-6H,4,9H2,1-3H3;1H/t5?,6-;/m0./s1. The topological polar surface area (TPSA) is 78.6 Å². The molecule has 0 bridgehead atoms. The van der Waals surface area contributed by atoms with Crippen LogP contribution in [0.15, 0.2) is 0 Å². The second kappa shape index (κ2) is 7.75. The van der Waals surface area contributed by atoms with Crippen LogP contribution in [0.1, 0.15) is 13.3 Å². The molecule has 2 N–H and O–H groups in total. The first-order valence-electron chi connectivity index (χ1n) is 3.99. The van der Waals surface area contributed by atoms with Crippen LogP contribution >= 0.6 is 17.0 Å². The molecule has 0 aromatic heterocycles. The molecule has 0 fully saturated rings. The van der Waals surface area contributed by atoms with Gasteiger partial charge in [-0.05, 0) is 6.42 Å². The van der Waals surface area contributed by atoms with E-state index < -0.39 is 23.9 Å². The van der Waals surface area contributed by atoms with Crippen molar-refractivity contribution in [2.24, 2.45) is 11.7 Å². The number of carbonyl (C=O) groups excluding carboxylic acids is 2. The molecule has 0 aromatic rings. The van der Waals surface area contributed by atoms with Gasteiger partial charge in [-0.1, -0.05) is 6.92 Å². The van der Waals surface area contributed by atoms with Gasteiger partial charge >= 0.3 is 11.9 Å². The maximum Gasteiger partial charge on any atom is 0.323 e. The minimum absolute atomic E-state index is 0. The van der Waals surface area contributed by atoms with Crippen LogP contribution in [0.25, 0.3) is 0 Å². The molecule has 0 heterocycles. The van der Waals surface area contributed by atoms with Crippen LogP contribution in [0.3, 0.4) is 0 Å². The van der Waals surface area contributed by atoms with Crippen molar-refractivity contribution in [1.29, 1.82) is 0 Å². The van der Waals surface area contributed by atoms with Gasteiger partial charge in [-0.2, -0.15) is 0 Å². The van der Waals surface area contributed by atoms with Crippen molar-refractivity contribution in [2.45, 2.75) is 19.4 Å². The van der Waals surface area contributed by atoms with Crippen molar-refractivity contribution in [3.8, 4) is 0 Å². The van der Waals surface area contributed by atoms with Gasteiger partial charge in [0.2, 0.25) is 0 Å². The zero-order valence-corrected chi connectivity index (χ0v) is 10.2. The van der Waals surface area contributed by atoms with Crippen LogP contribution in [0.2, 0.25) is 0 Å². The molecule has 6 heteroatoms. The Morgan fingerprint density at radius 3 is 1.93 bits per heavy atom. The number of ether oxygens (including phenoxy) is 2. The molecule has 84 valence electrons. The van der Waals surface area contributed by atoms with Crippen molar-refractivity contribution in [3.05, 3.63) is 0 Å². The van der Waals surface area contributed by atoms with E-state index in [0.717, 1.165) is 0 Å². The Balaban J connectivity index is 0. The first-order chi connectivity index (χ1) is 6.08. The predicted molar refractivity (Wildman–Crippen MR) is 56.1 cm³/mol. The summed E-state index contributed by atoms with van der Waals surface area (Å²) in [7, 11) is 2.49. The van der Waals surface area contributed by atoms with E-state index in [1.165, 1.54) is 14.2 Å². The van der Waals surface area contributed by atoms with Crippen LogP contribution in [-0.4, -0.2) is 32.2 Å². The Hall–Kier alpha value is -0.620. The summed E-state index contributed by atoms with van der Waals surface area (Å²) in [6, 6.07) is -0.942. The predicted octanol–water partition coefficient (Wildman–Crippen LogP) is 0.264. The lowest BCUT2D eigenvalue weighted by Crippen LogP contribution is -2.42. The molecular formula is C8H16BrNO4. The third-order valence-electron chi connectivity index (χ3n) is 1.85. The molecule has 0 aromatic carbocycles. The summed E-state index contributed by atoms with van der Waals surface area (Å²) >= 11 is 0. The maximum atomic E-state index is 11.1. The van der Waals surface area contributed by atoms with Crippen LogP contribution in [-0.2, 0) is 19.1 Å². The highest BCUT2D eigenvalue weighted by atomic mass is 79.9. The number of methoxy groups -OCH3 is 2. The van der Waals surface area contributed by atoms with E-state index in [0.29, 0.717) is 6.42 Å². The number of rotatable bonds is 4. The summed E-state index contributed by atoms with van der Waals surface area (Å²) in [6.07, 6.45) is 0.447. The molecule has 14 heavy (non-hydrogen) atoms. The molecule has 0 aliphatic carbocycles. The molecule has 0 saturated heterocycles. The molecule has 0 spiro atoms. The Bertz CT molecular complexity index is 198. The lowest BCUT2D eigenvalue weighted by atomic mass is 9.98. The summed E-state index contributed by atoms with van der Waals surface area (Å²) < 4.78 is 8.91. The summed E-state index contributed by atoms with van der Waals surface area (Å²) in [5, 5.41) is 0. The lowest BCUT2D eigenvalue weighted by Gasteiger charge is -2.17. The van der Waals surface area contributed by atoms with Gasteiger partial charge < -0.3 is 15.2 Å². The van der Waals surface area contributed by atoms with E-state index in [-0.39, 0.29) is 17.0 Å². The fourth-order valence-corrected chi connectivity index (χ4v) is 1.02. The average Bonchev–Trinajstić information content (AvgIpc) is 2.17. The van der Waals surface area contributed by atoms with Crippen molar-refractivity contribution < 1.29 is 19.1 Å². The fourth-order valence-electron chi connectivity index (χ4n) is 1.02. The molecule has 0 amide bonds. The van der Waals surface area contributed by atoms with Gasteiger partial charge in [0.1, 0.15) is 6.04 Å². The highest BCUT2D eigenvalue weighted by Crippen LogP contribution is 2.10. The summed E-state index contributed by atoms with van der Waals surface area (Å²) in [5.74, 6) is -1.71. The first-order valence-corrected chi connectivity index (χ1v) is 3.99. The quantitative estimate of drug-likeness (QED) is 0.741. The van der Waals surface area contributed by atoms with E-state index in [2.05, 4.69) is 9.47 Å². The van der Waals surface area contributed by atoms with Crippen LogP contribution in [0, 0.1) is 5.92 Å². The molecule has 0 aliphatic rings. The van der Waals surface area contributed by atoms with E-state index in [1.54, 1.807) is 6.92 Å². The van der Waals surface area contributed by atoms with E-state index in [4.69, 9.17) is 5.73 Å². The Morgan fingerprint density at radius 1 is 1.21 bits per heavy atom. The van der Waals surface area contributed by atoms with Crippen molar-refractivity contribution in [2.75, 3.05) is 14.2 Å². The van der Waals surface area contributed by atoms with Crippen molar-refractivity contribution in [1.82, 2.24) is 0 Å². The molecule has 0 aliphatic heterocycles. The highest BCUT2D eigenvalue weighted by molar-refractivity contribution is 8.93. The van der Waals surface area contributed by atoms with Crippen LogP contribution in [0.4, 0.5) is 0 Å². The summed E-state index contributed by atoms with van der Waals surface area (Å²) in [5.41, 5.74) is 5.48. The second-order valence-corrected chi connectivity index (χ2v) is 2.59. The Kier molecular flexibility index (Phi) is 8.77. The van der Waals surface area contributed by atoms with Gasteiger partial charge in [0.25, 0.3) is 0 Å². The molecule has 1 unspecified atom stereocenters. The van der Waals surface area contributed by atoms with E-state index in [9.17, 15) is 9.59 Å². The number of esters is 2. The fraction of sp³-hybridized carbons (Fsp3) is 0.750. The van der Waals surface area contributed by atoms with Crippen LogP contribution in [0.5, 0.6) is 0 Å². The normalized spacial score (nSPS) is 13.4. The Labute approximate surface area is 93.7 Å². The van der Waals surface area contributed by atoms with Gasteiger partial charge in [0.15, 0.2) is 0 Å². The minimum Gasteiger partial charge on any atom is -0.469 e. The minimum atomic E-state index is -0.942. The lowest BCUT2D eigenvalue weighted by molar-refractivity contribution is -0.153. The van der Waals surface area contributed by atoms with Crippen LogP contribution < -0.4 is 5.73 Å². The van der Waals surface area contributed by atoms with Gasteiger partial charge in [0.05, 0.1) is 20.1 Å². The maximum absolute atomic E-state index is 11.1. The van der Waals surface area contributed by atoms with Gasteiger partial charge in [-0.25, -0.2) is 0 Å². The van der Waals surface area contributed by atoms with Gasteiger partial charge in [-0.3, -0.25) is 9.59 Å². The first kappa shape index (κ1) is 15.8. The second-order valence-electron chi connectivity index (χ2n) is 2.59. The number of nitrogens with two attached hydrogens (primary N) is 1. The van der Waals surface area contributed by atoms with Crippen molar-refractivity contribution >= 4 is 28.9 Å². The van der Waals surface area contributed by atoms with Gasteiger partial charge in [0, 0.05) is 0 Å². The molecule has 0 rings (SSSR count). The molecular weight excluding hydrogens is 254 g/mol. The number of hydrogen-bond acceptors (Lipinski definition) is 5. The smallest absolute Gasteiger partial charge is 0.323 e. The molecule has 0 saturated carbocycles. The molecule has 0 radical (unpaired) electrons. The van der Waals surface area contributed by atoms with Crippen molar-refractivity contribution in [3.63, 3.8) is 0 Å².